The SMILES string of the molecule is Cc1cc(C)c(C(=O)N2CCC3(CC2)c2ccccc2[C@@H](N(C)C)[C@@H]3O)o1. The average Bonchev–Trinajstić information content (AvgIpc) is 3.10. The van der Waals surface area contributed by atoms with Crippen LogP contribution in [0.1, 0.15) is 51.9 Å². The third kappa shape index (κ3) is 2.72. The number of hydrogen-bond donors (Lipinski definition) is 1. The smallest absolute Gasteiger partial charge is 0.289 e. The van der Waals surface area contributed by atoms with Crippen LogP contribution < -0.4 is 0 Å². The summed E-state index contributed by atoms with van der Waals surface area (Å²) in [6.45, 7) is 5.03. The molecule has 1 aliphatic carbocycles. The summed E-state index contributed by atoms with van der Waals surface area (Å²) in [5.41, 5.74) is 3.06. The second-order valence-electron chi connectivity index (χ2n) is 8.26. The Morgan fingerprint density at radius 2 is 1.89 bits per heavy atom. The number of furan rings is 1. The summed E-state index contributed by atoms with van der Waals surface area (Å²) in [6, 6.07) is 10.3. The van der Waals surface area contributed by atoms with Crippen LogP contribution in [0.5, 0.6) is 0 Å². The Labute approximate surface area is 160 Å². The van der Waals surface area contributed by atoms with Crippen molar-refractivity contribution < 1.29 is 14.3 Å². The zero-order valence-electron chi connectivity index (χ0n) is 16.5. The largest absolute Gasteiger partial charge is 0.456 e. The monoisotopic (exact) mass is 368 g/mol. The minimum Gasteiger partial charge on any atom is -0.456 e. The molecule has 4 rings (SSSR count). The molecule has 1 aromatic heterocycles. The van der Waals surface area contributed by atoms with E-state index in [0.29, 0.717) is 18.8 Å². The van der Waals surface area contributed by atoms with Gasteiger partial charge in [-0.2, -0.15) is 0 Å². The molecule has 0 saturated carbocycles. The molecule has 5 nitrogen and oxygen atoms in total. The molecule has 1 aromatic carbocycles. The lowest BCUT2D eigenvalue weighted by Gasteiger charge is -2.43. The molecule has 2 aromatic rings. The maximum Gasteiger partial charge on any atom is 0.289 e. The summed E-state index contributed by atoms with van der Waals surface area (Å²) >= 11 is 0. The molecule has 1 fully saturated rings. The molecule has 1 spiro atoms. The van der Waals surface area contributed by atoms with Crippen molar-refractivity contribution in [3.8, 4) is 0 Å². The molecular formula is C22H28N2O3. The first kappa shape index (κ1) is 18.3. The van der Waals surface area contributed by atoms with Crippen molar-refractivity contribution in [2.45, 2.75) is 44.2 Å². The van der Waals surface area contributed by atoms with Gasteiger partial charge in [0.15, 0.2) is 5.76 Å². The van der Waals surface area contributed by atoms with Crippen molar-refractivity contribution in [2.24, 2.45) is 0 Å². The number of hydrogen-bond acceptors (Lipinski definition) is 4. The fraction of sp³-hybridized carbons (Fsp3) is 0.500. The molecule has 1 saturated heterocycles. The van der Waals surface area contributed by atoms with Crippen molar-refractivity contribution in [3.63, 3.8) is 0 Å². The molecule has 0 radical (unpaired) electrons. The number of likely N-dealkylation sites (tertiary alicyclic amines) is 1. The highest BCUT2D eigenvalue weighted by Gasteiger charge is 2.53. The van der Waals surface area contributed by atoms with Crippen molar-refractivity contribution in [1.29, 1.82) is 0 Å². The lowest BCUT2D eigenvalue weighted by molar-refractivity contribution is -0.00197. The van der Waals surface area contributed by atoms with E-state index in [1.807, 2.05) is 45.0 Å². The Hall–Kier alpha value is -2.11. The number of nitrogens with zero attached hydrogens (tertiary/aromatic N) is 2. The summed E-state index contributed by atoms with van der Waals surface area (Å²) in [7, 11) is 4.04. The fourth-order valence-electron chi connectivity index (χ4n) is 5.07. The number of carbonyl (C=O) groups is 1. The lowest BCUT2D eigenvalue weighted by Crippen LogP contribution is -2.50. The van der Waals surface area contributed by atoms with Crippen molar-refractivity contribution in [3.05, 3.63) is 58.5 Å². The molecule has 0 unspecified atom stereocenters. The number of aryl methyl sites for hydroxylation is 2. The van der Waals surface area contributed by atoms with Crippen LogP contribution >= 0.6 is 0 Å². The summed E-state index contributed by atoms with van der Waals surface area (Å²) in [4.78, 5) is 16.9. The van der Waals surface area contributed by atoms with Gasteiger partial charge in [-0.25, -0.2) is 0 Å². The molecule has 27 heavy (non-hydrogen) atoms. The highest BCUT2D eigenvalue weighted by Crippen LogP contribution is 2.52. The molecule has 2 atom stereocenters. The van der Waals surface area contributed by atoms with E-state index in [9.17, 15) is 9.90 Å². The van der Waals surface area contributed by atoms with Crippen LogP contribution in [0.3, 0.4) is 0 Å². The Morgan fingerprint density at radius 3 is 2.48 bits per heavy atom. The molecule has 144 valence electrons. The van der Waals surface area contributed by atoms with Crippen LogP contribution in [-0.2, 0) is 5.41 Å². The van der Waals surface area contributed by atoms with Gasteiger partial charge < -0.3 is 19.3 Å². The summed E-state index contributed by atoms with van der Waals surface area (Å²) in [5.74, 6) is 1.17. The lowest BCUT2D eigenvalue weighted by atomic mass is 9.72. The number of piperidine rings is 1. The van der Waals surface area contributed by atoms with Gasteiger partial charge >= 0.3 is 0 Å². The van der Waals surface area contributed by atoms with Gasteiger partial charge in [0.2, 0.25) is 0 Å². The van der Waals surface area contributed by atoms with Gasteiger partial charge in [-0.3, -0.25) is 4.79 Å². The van der Waals surface area contributed by atoms with Gasteiger partial charge in [-0.1, -0.05) is 24.3 Å². The highest BCUT2D eigenvalue weighted by atomic mass is 16.4. The standard InChI is InChI=1S/C22H28N2O3/c1-14-13-15(2)27-19(14)21(26)24-11-9-22(10-12-24)17-8-6-5-7-16(17)18(20(22)25)23(3)4/h5-8,13,18,20,25H,9-12H2,1-4H3/t18-,20+/m1/s1. The molecule has 5 heteroatoms. The van der Waals surface area contributed by atoms with Crippen molar-refractivity contribution in [1.82, 2.24) is 9.80 Å². The van der Waals surface area contributed by atoms with E-state index < -0.39 is 6.10 Å². The predicted molar refractivity (Wildman–Crippen MR) is 104 cm³/mol. The number of benzene rings is 1. The number of fused-ring (bicyclic) bond motifs is 2. The van der Waals surface area contributed by atoms with E-state index in [1.54, 1.807) is 0 Å². The normalized spacial score (nSPS) is 23.9. The average molecular weight is 368 g/mol. The number of amides is 1. The minimum absolute atomic E-state index is 0.00146. The maximum absolute atomic E-state index is 12.9. The van der Waals surface area contributed by atoms with Gasteiger partial charge in [-0.05, 0) is 58.0 Å². The molecule has 1 N–H and O–H groups in total. The van der Waals surface area contributed by atoms with Crippen LogP contribution in [-0.4, -0.2) is 54.1 Å². The van der Waals surface area contributed by atoms with Crippen LogP contribution in [0.4, 0.5) is 0 Å². The number of likely N-dealkylation sites (N-methyl/N-ethyl adjacent to an activating group) is 1. The van der Waals surface area contributed by atoms with E-state index in [2.05, 4.69) is 23.1 Å². The van der Waals surface area contributed by atoms with E-state index in [4.69, 9.17) is 4.42 Å². The van der Waals surface area contributed by atoms with Crippen LogP contribution in [0.15, 0.2) is 34.7 Å². The topological polar surface area (TPSA) is 56.9 Å². The Balaban J connectivity index is 1.60. The predicted octanol–water partition coefficient (Wildman–Crippen LogP) is 3.05. The zero-order valence-corrected chi connectivity index (χ0v) is 16.5. The fourth-order valence-corrected chi connectivity index (χ4v) is 5.07. The number of aliphatic hydroxyl groups excluding tert-OH is 1. The van der Waals surface area contributed by atoms with Crippen molar-refractivity contribution >= 4 is 5.91 Å². The van der Waals surface area contributed by atoms with Crippen LogP contribution in [0, 0.1) is 13.8 Å². The van der Waals surface area contributed by atoms with Gasteiger partial charge in [0, 0.05) is 24.1 Å². The summed E-state index contributed by atoms with van der Waals surface area (Å²) < 4.78 is 5.62. The van der Waals surface area contributed by atoms with Gasteiger partial charge in [0.1, 0.15) is 5.76 Å². The first-order valence-corrected chi connectivity index (χ1v) is 9.65. The van der Waals surface area contributed by atoms with Crippen LogP contribution in [0.25, 0.3) is 0 Å². The van der Waals surface area contributed by atoms with Crippen molar-refractivity contribution in [2.75, 3.05) is 27.2 Å². The van der Waals surface area contributed by atoms with Gasteiger partial charge in [-0.15, -0.1) is 0 Å². The third-order valence-corrected chi connectivity index (χ3v) is 6.42. The van der Waals surface area contributed by atoms with E-state index in [0.717, 1.165) is 24.2 Å². The molecule has 2 aliphatic rings. The van der Waals surface area contributed by atoms with E-state index in [-0.39, 0.29) is 17.4 Å². The number of rotatable bonds is 2. The second kappa shape index (κ2) is 6.50. The highest BCUT2D eigenvalue weighted by molar-refractivity contribution is 5.93. The van der Waals surface area contributed by atoms with E-state index in [1.165, 1.54) is 11.1 Å². The second-order valence-corrected chi connectivity index (χ2v) is 8.26. The molecule has 0 bridgehead atoms. The Morgan fingerprint density at radius 1 is 1.22 bits per heavy atom. The molecule has 2 heterocycles. The van der Waals surface area contributed by atoms with E-state index >= 15 is 0 Å². The quantitative estimate of drug-likeness (QED) is 0.885. The molecule has 1 amide bonds. The van der Waals surface area contributed by atoms with Gasteiger partial charge in [0.25, 0.3) is 5.91 Å². The minimum atomic E-state index is -0.463. The Kier molecular flexibility index (Phi) is 4.40. The molecule has 1 aliphatic heterocycles. The third-order valence-electron chi connectivity index (χ3n) is 6.42. The van der Waals surface area contributed by atoms with Crippen LogP contribution in [0.2, 0.25) is 0 Å². The molecular weight excluding hydrogens is 340 g/mol. The summed E-state index contributed by atoms with van der Waals surface area (Å²) in [5, 5.41) is 11.3. The van der Waals surface area contributed by atoms with Gasteiger partial charge in [0.05, 0.1) is 12.1 Å². The Bertz CT molecular complexity index is 862. The first-order chi connectivity index (χ1) is 12.8. The first-order valence-electron chi connectivity index (χ1n) is 9.65. The number of aliphatic hydroxyl groups is 1. The zero-order chi connectivity index (χ0) is 19.3. The number of carbonyl (C=O) groups excluding carboxylic acids is 1. The summed E-state index contributed by atoms with van der Waals surface area (Å²) in [6.07, 6.45) is 1.06. The maximum atomic E-state index is 12.9.